The monoisotopic (exact) mass is 494 g/mol. The SMILES string of the molecule is [C-]#[N+]c1cc(-c2cccc(C(=O)NC)c2)ccc1OC1OC(COC(C)=O)C(C)C(C)C1OC(C)=O. The molecule has 1 fully saturated rings. The zero-order chi connectivity index (χ0) is 26.4. The van der Waals surface area contributed by atoms with Gasteiger partial charge in [0.2, 0.25) is 12.0 Å². The van der Waals surface area contributed by atoms with E-state index in [0.29, 0.717) is 5.56 Å². The van der Waals surface area contributed by atoms with E-state index in [1.807, 2.05) is 19.9 Å². The first kappa shape index (κ1) is 26.7. The fraction of sp³-hybridized carbons (Fsp3) is 0.407. The van der Waals surface area contributed by atoms with Gasteiger partial charge in [-0.1, -0.05) is 32.0 Å². The molecule has 1 N–H and O–H groups in total. The van der Waals surface area contributed by atoms with Crippen LogP contribution < -0.4 is 10.1 Å². The Hall–Kier alpha value is -3.90. The lowest BCUT2D eigenvalue weighted by Gasteiger charge is -2.43. The van der Waals surface area contributed by atoms with Crippen LogP contribution in [0.4, 0.5) is 5.69 Å². The molecule has 0 aliphatic carbocycles. The predicted octanol–water partition coefficient (Wildman–Crippen LogP) is 4.13. The van der Waals surface area contributed by atoms with E-state index in [1.165, 1.54) is 13.8 Å². The van der Waals surface area contributed by atoms with Crippen LogP contribution in [0.1, 0.15) is 38.1 Å². The van der Waals surface area contributed by atoms with Gasteiger partial charge in [0.05, 0.1) is 12.7 Å². The molecule has 1 amide bonds. The van der Waals surface area contributed by atoms with Crippen molar-refractivity contribution in [3.8, 4) is 16.9 Å². The second kappa shape index (κ2) is 11.7. The molecule has 0 radical (unpaired) electrons. The van der Waals surface area contributed by atoms with Crippen molar-refractivity contribution in [3.63, 3.8) is 0 Å². The second-order valence-corrected chi connectivity index (χ2v) is 8.71. The molecule has 2 aromatic rings. The van der Waals surface area contributed by atoms with Crippen molar-refractivity contribution in [1.82, 2.24) is 5.32 Å². The predicted molar refractivity (Wildman–Crippen MR) is 131 cm³/mol. The molecule has 1 heterocycles. The number of hydrogen-bond acceptors (Lipinski definition) is 7. The van der Waals surface area contributed by atoms with Crippen molar-refractivity contribution in [2.24, 2.45) is 11.8 Å². The molecular formula is C27H30N2O7. The van der Waals surface area contributed by atoms with Gasteiger partial charge in [-0.3, -0.25) is 14.4 Å². The van der Waals surface area contributed by atoms with Crippen molar-refractivity contribution in [2.45, 2.75) is 46.2 Å². The highest BCUT2D eigenvalue weighted by molar-refractivity contribution is 5.95. The van der Waals surface area contributed by atoms with Gasteiger partial charge >= 0.3 is 11.9 Å². The van der Waals surface area contributed by atoms with Crippen LogP contribution in [-0.2, 0) is 23.8 Å². The van der Waals surface area contributed by atoms with Gasteiger partial charge < -0.3 is 24.3 Å². The maximum atomic E-state index is 12.0. The zero-order valence-corrected chi connectivity index (χ0v) is 20.9. The lowest BCUT2D eigenvalue weighted by Crippen LogP contribution is -2.54. The molecule has 1 saturated heterocycles. The van der Waals surface area contributed by atoms with Crippen LogP contribution in [0.25, 0.3) is 16.0 Å². The van der Waals surface area contributed by atoms with Gasteiger partial charge in [-0.2, -0.15) is 0 Å². The summed E-state index contributed by atoms with van der Waals surface area (Å²) in [7, 11) is 1.56. The Bertz CT molecular complexity index is 1170. The Morgan fingerprint density at radius 2 is 1.75 bits per heavy atom. The molecule has 5 unspecified atom stereocenters. The fourth-order valence-corrected chi connectivity index (χ4v) is 4.09. The molecule has 190 valence electrons. The van der Waals surface area contributed by atoms with Crippen molar-refractivity contribution in [3.05, 3.63) is 59.4 Å². The summed E-state index contributed by atoms with van der Waals surface area (Å²) in [4.78, 5) is 38.7. The van der Waals surface area contributed by atoms with Crippen LogP contribution >= 0.6 is 0 Å². The molecule has 5 atom stereocenters. The van der Waals surface area contributed by atoms with Gasteiger partial charge in [-0.05, 0) is 41.3 Å². The van der Waals surface area contributed by atoms with Crippen molar-refractivity contribution < 1.29 is 33.3 Å². The summed E-state index contributed by atoms with van der Waals surface area (Å²) < 4.78 is 22.9. The molecule has 0 bridgehead atoms. The first-order valence-corrected chi connectivity index (χ1v) is 11.6. The minimum atomic E-state index is -1.01. The van der Waals surface area contributed by atoms with E-state index in [-0.39, 0.29) is 35.8 Å². The highest BCUT2D eigenvalue weighted by atomic mass is 16.7. The molecule has 0 saturated carbocycles. The van der Waals surface area contributed by atoms with Gasteiger partial charge in [0.25, 0.3) is 5.91 Å². The second-order valence-electron chi connectivity index (χ2n) is 8.71. The van der Waals surface area contributed by atoms with Crippen LogP contribution in [0.15, 0.2) is 42.5 Å². The third-order valence-corrected chi connectivity index (χ3v) is 6.27. The standard InChI is InChI=1S/C27H30N2O7/c1-15-16(2)25(34-18(4)31)27(36-24(15)14-33-17(3)30)35-23-11-10-20(13-22(23)28-5)19-8-7-9-21(12-19)26(32)29-6/h7-13,15-16,24-25,27H,14H2,1-4,6H3,(H,29,32). The Morgan fingerprint density at radius 3 is 2.39 bits per heavy atom. The number of carbonyl (C=O) groups excluding carboxylic acids is 3. The van der Waals surface area contributed by atoms with E-state index in [2.05, 4.69) is 10.2 Å². The van der Waals surface area contributed by atoms with E-state index < -0.39 is 30.4 Å². The molecule has 1 aliphatic heterocycles. The van der Waals surface area contributed by atoms with Crippen LogP contribution in [0.3, 0.4) is 0 Å². The number of hydrogen-bond donors (Lipinski definition) is 1. The Balaban J connectivity index is 1.90. The van der Waals surface area contributed by atoms with E-state index >= 15 is 0 Å². The summed E-state index contributed by atoms with van der Waals surface area (Å²) in [5, 5.41) is 2.60. The number of ether oxygens (including phenoxy) is 4. The van der Waals surface area contributed by atoms with Gasteiger partial charge in [0.15, 0.2) is 6.10 Å². The summed E-state index contributed by atoms with van der Waals surface area (Å²) in [6, 6.07) is 12.2. The number of nitrogens with zero attached hydrogens (tertiary/aromatic N) is 1. The smallest absolute Gasteiger partial charge is 0.303 e. The van der Waals surface area contributed by atoms with Gasteiger partial charge in [-0.15, -0.1) is 0 Å². The van der Waals surface area contributed by atoms with Crippen LogP contribution in [-0.4, -0.2) is 50.0 Å². The number of esters is 2. The van der Waals surface area contributed by atoms with Gasteiger partial charge in [-0.25, -0.2) is 4.85 Å². The number of rotatable bonds is 7. The summed E-state index contributed by atoms with van der Waals surface area (Å²) in [6.07, 6.45) is -2.22. The summed E-state index contributed by atoms with van der Waals surface area (Å²) >= 11 is 0. The molecule has 0 aromatic heterocycles. The van der Waals surface area contributed by atoms with Gasteiger partial charge in [0, 0.05) is 32.4 Å². The maximum Gasteiger partial charge on any atom is 0.303 e. The Labute approximate surface area is 210 Å². The lowest BCUT2D eigenvalue weighted by molar-refractivity contribution is -0.253. The number of amides is 1. The zero-order valence-electron chi connectivity index (χ0n) is 20.9. The third-order valence-electron chi connectivity index (χ3n) is 6.27. The topological polar surface area (TPSA) is 105 Å². The molecule has 36 heavy (non-hydrogen) atoms. The summed E-state index contributed by atoms with van der Waals surface area (Å²) in [5.41, 5.74) is 2.23. The largest absolute Gasteiger partial charge is 0.472 e. The van der Waals surface area contributed by atoms with Crippen LogP contribution in [0.5, 0.6) is 5.75 Å². The maximum absolute atomic E-state index is 12.0. The Kier molecular flexibility index (Phi) is 8.67. The average molecular weight is 495 g/mol. The summed E-state index contributed by atoms with van der Waals surface area (Å²) in [5.74, 6) is -1.12. The molecular weight excluding hydrogens is 464 g/mol. The first-order valence-electron chi connectivity index (χ1n) is 11.6. The van der Waals surface area contributed by atoms with Crippen molar-refractivity contribution >= 4 is 23.5 Å². The van der Waals surface area contributed by atoms with Crippen molar-refractivity contribution in [1.29, 1.82) is 0 Å². The number of carbonyl (C=O) groups is 3. The summed E-state index contributed by atoms with van der Waals surface area (Å²) in [6.45, 7) is 14.2. The van der Waals surface area contributed by atoms with Crippen LogP contribution in [0.2, 0.25) is 0 Å². The quantitative estimate of drug-likeness (QED) is 0.456. The van der Waals surface area contributed by atoms with Crippen LogP contribution in [0, 0.1) is 18.4 Å². The lowest BCUT2D eigenvalue weighted by atomic mass is 9.83. The van der Waals surface area contributed by atoms with E-state index in [1.54, 1.807) is 43.4 Å². The van der Waals surface area contributed by atoms with E-state index in [9.17, 15) is 14.4 Å². The van der Waals surface area contributed by atoms with Gasteiger partial charge in [0.1, 0.15) is 12.4 Å². The Morgan fingerprint density at radius 1 is 1.03 bits per heavy atom. The first-order chi connectivity index (χ1) is 17.1. The minimum absolute atomic E-state index is 0.0315. The van der Waals surface area contributed by atoms with E-state index in [4.69, 9.17) is 25.5 Å². The normalized spacial score (nSPS) is 23.2. The molecule has 9 nitrogen and oxygen atoms in total. The molecule has 0 spiro atoms. The molecule has 2 aromatic carbocycles. The average Bonchev–Trinajstić information content (AvgIpc) is 2.87. The fourth-order valence-electron chi connectivity index (χ4n) is 4.09. The number of benzene rings is 2. The number of nitrogens with one attached hydrogen (secondary N) is 1. The van der Waals surface area contributed by atoms with Crippen molar-refractivity contribution in [2.75, 3.05) is 13.7 Å². The molecule has 9 heteroatoms. The molecule has 1 aliphatic rings. The third kappa shape index (κ3) is 6.20. The van der Waals surface area contributed by atoms with E-state index in [0.717, 1.165) is 11.1 Å². The highest BCUT2D eigenvalue weighted by Crippen LogP contribution is 2.38. The molecule has 3 rings (SSSR count). The highest BCUT2D eigenvalue weighted by Gasteiger charge is 2.45. The minimum Gasteiger partial charge on any atom is -0.472 e.